The van der Waals surface area contributed by atoms with Crippen LogP contribution in [0.4, 0.5) is 0 Å². The molecule has 1 fully saturated rings. The SMILES string of the molecule is O=C(NC[C@H](c1ccco1)N1CCSCC1)c1ccc2ncsc2c1. The number of furan rings is 1. The van der Waals surface area contributed by atoms with Gasteiger partial charge in [0.05, 0.1) is 28.0 Å². The summed E-state index contributed by atoms with van der Waals surface area (Å²) in [4.78, 5) is 19.2. The van der Waals surface area contributed by atoms with Gasteiger partial charge in [-0.25, -0.2) is 4.98 Å². The molecular weight excluding hydrogens is 354 g/mol. The van der Waals surface area contributed by atoms with Gasteiger partial charge < -0.3 is 9.73 Å². The molecule has 5 nitrogen and oxygen atoms in total. The van der Waals surface area contributed by atoms with E-state index < -0.39 is 0 Å². The number of nitrogens with zero attached hydrogens (tertiary/aromatic N) is 2. The van der Waals surface area contributed by atoms with E-state index in [1.165, 1.54) is 0 Å². The molecule has 1 aliphatic heterocycles. The number of rotatable bonds is 5. The van der Waals surface area contributed by atoms with Crippen molar-refractivity contribution < 1.29 is 9.21 Å². The summed E-state index contributed by atoms with van der Waals surface area (Å²) in [5.74, 6) is 3.09. The molecule has 0 spiro atoms. The van der Waals surface area contributed by atoms with Crippen molar-refractivity contribution in [2.24, 2.45) is 0 Å². The average molecular weight is 374 g/mol. The maximum Gasteiger partial charge on any atom is 0.251 e. The Labute approximate surface area is 154 Å². The van der Waals surface area contributed by atoms with Crippen LogP contribution < -0.4 is 5.32 Å². The predicted octanol–water partition coefficient (Wildman–Crippen LogP) is 3.41. The summed E-state index contributed by atoms with van der Waals surface area (Å²) in [7, 11) is 0. The van der Waals surface area contributed by atoms with E-state index in [0.717, 1.165) is 40.6 Å². The number of fused-ring (bicyclic) bond motifs is 1. The summed E-state index contributed by atoms with van der Waals surface area (Å²) in [6.07, 6.45) is 1.70. The van der Waals surface area contributed by atoms with Gasteiger partial charge >= 0.3 is 0 Å². The molecule has 0 bridgehead atoms. The Bertz CT molecular complexity index is 841. The Hall–Kier alpha value is -1.83. The Morgan fingerprint density at radius 1 is 1.32 bits per heavy atom. The molecule has 130 valence electrons. The van der Waals surface area contributed by atoms with Crippen LogP contribution in [0.2, 0.25) is 0 Å². The molecule has 1 saturated heterocycles. The maximum atomic E-state index is 12.6. The molecular formula is C18H19N3O2S2. The summed E-state index contributed by atoms with van der Waals surface area (Å²) in [5, 5.41) is 3.08. The quantitative estimate of drug-likeness (QED) is 0.743. The highest BCUT2D eigenvalue weighted by Crippen LogP contribution is 2.24. The van der Waals surface area contributed by atoms with Crippen molar-refractivity contribution >= 4 is 39.2 Å². The number of benzene rings is 1. The summed E-state index contributed by atoms with van der Waals surface area (Å²) >= 11 is 3.52. The number of thioether (sulfide) groups is 1. The van der Waals surface area contributed by atoms with Gasteiger partial charge in [0, 0.05) is 36.7 Å². The molecule has 2 aromatic heterocycles. The smallest absolute Gasteiger partial charge is 0.251 e. The zero-order chi connectivity index (χ0) is 17.1. The second-order valence-electron chi connectivity index (χ2n) is 5.92. The van der Waals surface area contributed by atoms with Crippen LogP contribution >= 0.6 is 23.1 Å². The first-order chi connectivity index (χ1) is 12.3. The molecule has 1 amide bonds. The third-order valence-electron chi connectivity index (χ3n) is 4.41. The van der Waals surface area contributed by atoms with Gasteiger partial charge in [-0.1, -0.05) is 0 Å². The molecule has 3 heterocycles. The van der Waals surface area contributed by atoms with Crippen molar-refractivity contribution in [3.8, 4) is 0 Å². The number of carbonyl (C=O) groups excluding carboxylic acids is 1. The van der Waals surface area contributed by atoms with Crippen LogP contribution in [0.15, 0.2) is 46.5 Å². The van der Waals surface area contributed by atoms with E-state index in [9.17, 15) is 4.79 Å². The lowest BCUT2D eigenvalue weighted by molar-refractivity contribution is 0.0930. The van der Waals surface area contributed by atoms with Crippen LogP contribution in [0, 0.1) is 0 Å². The monoisotopic (exact) mass is 373 g/mol. The van der Waals surface area contributed by atoms with Gasteiger partial charge in [0.15, 0.2) is 0 Å². The van der Waals surface area contributed by atoms with Crippen molar-refractivity contribution in [1.82, 2.24) is 15.2 Å². The molecule has 7 heteroatoms. The topological polar surface area (TPSA) is 58.4 Å². The van der Waals surface area contributed by atoms with Crippen molar-refractivity contribution in [3.05, 3.63) is 53.4 Å². The fourth-order valence-electron chi connectivity index (χ4n) is 3.07. The zero-order valence-electron chi connectivity index (χ0n) is 13.7. The largest absolute Gasteiger partial charge is 0.468 e. The van der Waals surface area contributed by atoms with E-state index in [1.54, 1.807) is 23.1 Å². The highest BCUT2D eigenvalue weighted by molar-refractivity contribution is 7.99. The summed E-state index contributed by atoms with van der Waals surface area (Å²) in [5.41, 5.74) is 3.40. The van der Waals surface area contributed by atoms with Gasteiger partial charge in [-0.2, -0.15) is 11.8 Å². The van der Waals surface area contributed by atoms with Crippen molar-refractivity contribution in [2.45, 2.75) is 6.04 Å². The van der Waals surface area contributed by atoms with E-state index in [2.05, 4.69) is 15.2 Å². The van der Waals surface area contributed by atoms with Crippen LogP contribution in [-0.4, -0.2) is 46.9 Å². The first kappa shape index (κ1) is 16.6. The number of carbonyl (C=O) groups is 1. The first-order valence-corrected chi connectivity index (χ1v) is 10.3. The van der Waals surface area contributed by atoms with Crippen LogP contribution in [0.1, 0.15) is 22.2 Å². The molecule has 0 saturated carbocycles. The van der Waals surface area contributed by atoms with Gasteiger partial charge in [-0.3, -0.25) is 9.69 Å². The van der Waals surface area contributed by atoms with Crippen molar-refractivity contribution in [1.29, 1.82) is 0 Å². The van der Waals surface area contributed by atoms with E-state index in [0.29, 0.717) is 12.1 Å². The Balaban J connectivity index is 1.47. The van der Waals surface area contributed by atoms with Gasteiger partial charge in [0.25, 0.3) is 5.91 Å². The molecule has 4 rings (SSSR count). The van der Waals surface area contributed by atoms with Crippen LogP contribution in [0.25, 0.3) is 10.2 Å². The maximum absolute atomic E-state index is 12.6. The number of hydrogen-bond acceptors (Lipinski definition) is 6. The lowest BCUT2D eigenvalue weighted by Gasteiger charge is -2.33. The molecule has 25 heavy (non-hydrogen) atoms. The highest BCUT2D eigenvalue weighted by Gasteiger charge is 2.25. The van der Waals surface area contributed by atoms with Crippen LogP contribution in [0.3, 0.4) is 0 Å². The minimum Gasteiger partial charge on any atom is -0.468 e. The highest BCUT2D eigenvalue weighted by atomic mass is 32.2. The molecule has 1 atom stereocenters. The lowest BCUT2D eigenvalue weighted by atomic mass is 10.1. The van der Waals surface area contributed by atoms with Crippen molar-refractivity contribution in [3.63, 3.8) is 0 Å². The van der Waals surface area contributed by atoms with E-state index in [1.807, 2.05) is 42.1 Å². The van der Waals surface area contributed by atoms with Gasteiger partial charge in [-0.05, 0) is 30.3 Å². The Kier molecular flexibility index (Phi) is 5.05. The molecule has 1 aromatic carbocycles. The molecule has 0 aliphatic carbocycles. The third kappa shape index (κ3) is 3.73. The summed E-state index contributed by atoms with van der Waals surface area (Å²) < 4.78 is 6.66. The minimum absolute atomic E-state index is 0.0572. The molecule has 0 radical (unpaired) electrons. The van der Waals surface area contributed by atoms with Gasteiger partial charge in [0.2, 0.25) is 0 Å². The summed E-state index contributed by atoms with van der Waals surface area (Å²) in [6, 6.07) is 9.60. The standard InChI is InChI=1S/C18H19N3O2S2/c22-18(13-3-4-14-17(10-13)25-12-20-14)19-11-15(16-2-1-7-23-16)21-5-8-24-9-6-21/h1-4,7,10,12,15H,5-6,8-9,11H2,(H,19,22)/t15-/m1/s1. The van der Waals surface area contributed by atoms with Gasteiger partial charge in [0.1, 0.15) is 5.76 Å². The molecule has 1 aliphatic rings. The molecule has 3 aromatic rings. The fraction of sp³-hybridized carbons (Fsp3) is 0.333. The Morgan fingerprint density at radius 2 is 2.20 bits per heavy atom. The Morgan fingerprint density at radius 3 is 3.00 bits per heavy atom. The normalized spacial score (nSPS) is 16.8. The lowest BCUT2D eigenvalue weighted by Crippen LogP contribution is -2.41. The van der Waals surface area contributed by atoms with Crippen molar-refractivity contribution in [2.75, 3.05) is 31.1 Å². The molecule has 0 unspecified atom stereocenters. The minimum atomic E-state index is -0.0572. The van der Waals surface area contributed by atoms with E-state index in [4.69, 9.17) is 4.42 Å². The number of thiazole rings is 1. The number of nitrogens with one attached hydrogen (secondary N) is 1. The summed E-state index contributed by atoms with van der Waals surface area (Å²) in [6.45, 7) is 2.56. The number of aromatic nitrogens is 1. The molecule has 1 N–H and O–H groups in total. The van der Waals surface area contributed by atoms with E-state index >= 15 is 0 Å². The van der Waals surface area contributed by atoms with Gasteiger partial charge in [-0.15, -0.1) is 11.3 Å². The third-order valence-corrected chi connectivity index (χ3v) is 6.14. The number of amides is 1. The second kappa shape index (κ2) is 7.59. The second-order valence-corrected chi connectivity index (χ2v) is 8.04. The van der Waals surface area contributed by atoms with E-state index in [-0.39, 0.29) is 11.9 Å². The van der Waals surface area contributed by atoms with Crippen LogP contribution in [0.5, 0.6) is 0 Å². The van der Waals surface area contributed by atoms with Crippen LogP contribution in [-0.2, 0) is 0 Å². The first-order valence-electron chi connectivity index (χ1n) is 8.28. The average Bonchev–Trinajstić information content (AvgIpc) is 3.34. The number of hydrogen-bond donors (Lipinski definition) is 1. The fourth-order valence-corrected chi connectivity index (χ4v) is 4.72. The zero-order valence-corrected chi connectivity index (χ0v) is 15.3. The predicted molar refractivity (Wildman–Crippen MR) is 102 cm³/mol.